The SMILES string of the molecule is CC(C)[C@H]1CSC(=NC2COc3ccccc32)N1. The monoisotopic (exact) mass is 262 g/mol. The summed E-state index contributed by atoms with van der Waals surface area (Å²) in [6.07, 6.45) is 0. The minimum atomic E-state index is 0.155. The minimum Gasteiger partial charge on any atom is -0.491 e. The first-order valence-electron chi connectivity index (χ1n) is 6.43. The van der Waals surface area contributed by atoms with Crippen LogP contribution in [0.25, 0.3) is 0 Å². The molecule has 1 fully saturated rings. The van der Waals surface area contributed by atoms with Crippen LogP contribution in [0.1, 0.15) is 25.5 Å². The highest BCUT2D eigenvalue weighted by atomic mass is 32.2. The van der Waals surface area contributed by atoms with E-state index in [4.69, 9.17) is 9.73 Å². The standard InChI is InChI=1S/C14H18N2OS/c1-9(2)12-8-18-14(16-12)15-11-7-17-13-6-4-3-5-10(11)13/h3-6,9,11-12H,7-8H2,1-2H3,(H,15,16)/t11?,12-/m1/s1. The topological polar surface area (TPSA) is 33.6 Å². The number of hydrogen-bond donors (Lipinski definition) is 1. The van der Waals surface area contributed by atoms with E-state index >= 15 is 0 Å². The van der Waals surface area contributed by atoms with Gasteiger partial charge in [0.05, 0.1) is 0 Å². The Labute approximate surface area is 112 Å². The zero-order valence-corrected chi connectivity index (χ0v) is 11.5. The molecule has 0 bridgehead atoms. The van der Waals surface area contributed by atoms with E-state index in [1.807, 2.05) is 30.0 Å². The number of hydrogen-bond acceptors (Lipinski definition) is 3. The van der Waals surface area contributed by atoms with Gasteiger partial charge in [0.1, 0.15) is 18.4 Å². The molecule has 0 saturated carbocycles. The molecule has 2 atom stereocenters. The van der Waals surface area contributed by atoms with Gasteiger partial charge in [0.2, 0.25) is 0 Å². The van der Waals surface area contributed by atoms with Gasteiger partial charge in [0.25, 0.3) is 0 Å². The molecule has 96 valence electrons. The average molecular weight is 262 g/mol. The molecule has 0 amide bonds. The molecule has 2 aliphatic heterocycles. The molecule has 1 saturated heterocycles. The number of nitrogens with one attached hydrogen (secondary N) is 1. The van der Waals surface area contributed by atoms with E-state index in [0.29, 0.717) is 18.6 Å². The molecule has 1 aromatic carbocycles. The van der Waals surface area contributed by atoms with Gasteiger partial charge < -0.3 is 10.1 Å². The third-order valence-electron chi connectivity index (χ3n) is 3.46. The number of aliphatic imine (C=N–C) groups is 1. The lowest BCUT2D eigenvalue weighted by Gasteiger charge is -2.13. The molecule has 4 heteroatoms. The lowest BCUT2D eigenvalue weighted by atomic mass is 10.1. The molecular formula is C14H18N2OS. The van der Waals surface area contributed by atoms with Crippen molar-refractivity contribution < 1.29 is 4.74 Å². The molecule has 18 heavy (non-hydrogen) atoms. The van der Waals surface area contributed by atoms with Crippen molar-refractivity contribution in [1.82, 2.24) is 5.32 Å². The Balaban J connectivity index is 1.75. The van der Waals surface area contributed by atoms with Crippen LogP contribution in [-0.4, -0.2) is 23.6 Å². The number of benzene rings is 1. The van der Waals surface area contributed by atoms with Crippen LogP contribution in [0.2, 0.25) is 0 Å². The van der Waals surface area contributed by atoms with Crippen LogP contribution in [0.3, 0.4) is 0 Å². The molecule has 3 nitrogen and oxygen atoms in total. The number of nitrogens with zero attached hydrogens (tertiary/aromatic N) is 1. The number of amidine groups is 1. The Kier molecular flexibility index (Phi) is 3.20. The van der Waals surface area contributed by atoms with E-state index in [1.165, 1.54) is 5.56 Å². The van der Waals surface area contributed by atoms with Crippen molar-refractivity contribution in [2.45, 2.75) is 25.9 Å². The van der Waals surface area contributed by atoms with E-state index in [1.54, 1.807) is 0 Å². The van der Waals surface area contributed by atoms with Gasteiger partial charge in [-0.15, -0.1) is 0 Å². The Morgan fingerprint density at radius 2 is 2.22 bits per heavy atom. The maximum atomic E-state index is 5.65. The van der Waals surface area contributed by atoms with E-state index < -0.39 is 0 Å². The first-order valence-corrected chi connectivity index (χ1v) is 7.41. The summed E-state index contributed by atoms with van der Waals surface area (Å²) in [5, 5.41) is 4.57. The van der Waals surface area contributed by atoms with Gasteiger partial charge in [0, 0.05) is 17.4 Å². The average Bonchev–Trinajstić information content (AvgIpc) is 2.98. The normalized spacial score (nSPS) is 28.3. The Morgan fingerprint density at radius 3 is 3.00 bits per heavy atom. The summed E-state index contributed by atoms with van der Waals surface area (Å²) >= 11 is 1.82. The predicted octanol–water partition coefficient (Wildman–Crippen LogP) is 2.84. The third kappa shape index (κ3) is 2.21. The Hall–Kier alpha value is -1.16. The molecule has 2 heterocycles. The summed E-state index contributed by atoms with van der Waals surface area (Å²) in [5.74, 6) is 2.75. The van der Waals surface area contributed by atoms with Crippen molar-refractivity contribution in [3.63, 3.8) is 0 Å². The second kappa shape index (κ2) is 4.84. The molecule has 2 aliphatic rings. The number of ether oxygens (including phenoxy) is 1. The zero-order chi connectivity index (χ0) is 12.5. The zero-order valence-electron chi connectivity index (χ0n) is 10.7. The van der Waals surface area contributed by atoms with E-state index in [9.17, 15) is 0 Å². The van der Waals surface area contributed by atoms with E-state index in [-0.39, 0.29) is 6.04 Å². The van der Waals surface area contributed by atoms with E-state index in [2.05, 4.69) is 25.2 Å². The highest BCUT2D eigenvalue weighted by Crippen LogP contribution is 2.35. The fraction of sp³-hybridized carbons (Fsp3) is 0.500. The van der Waals surface area contributed by atoms with Gasteiger partial charge in [-0.25, -0.2) is 0 Å². The predicted molar refractivity (Wildman–Crippen MR) is 76.3 cm³/mol. The van der Waals surface area contributed by atoms with Gasteiger partial charge in [-0.05, 0) is 12.0 Å². The van der Waals surface area contributed by atoms with Gasteiger partial charge in [-0.2, -0.15) is 0 Å². The fourth-order valence-electron chi connectivity index (χ4n) is 2.24. The van der Waals surface area contributed by atoms with Crippen LogP contribution in [0, 0.1) is 5.92 Å². The van der Waals surface area contributed by atoms with Crippen LogP contribution in [0.5, 0.6) is 5.75 Å². The maximum absolute atomic E-state index is 5.65. The van der Waals surface area contributed by atoms with Gasteiger partial charge in [-0.1, -0.05) is 43.8 Å². The highest BCUT2D eigenvalue weighted by Gasteiger charge is 2.27. The first kappa shape index (κ1) is 11.9. The van der Waals surface area contributed by atoms with Crippen molar-refractivity contribution in [1.29, 1.82) is 0 Å². The summed E-state index contributed by atoms with van der Waals surface area (Å²) in [5.41, 5.74) is 1.21. The fourth-order valence-corrected chi connectivity index (χ4v) is 3.48. The maximum Gasteiger partial charge on any atom is 0.157 e. The lowest BCUT2D eigenvalue weighted by molar-refractivity contribution is 0.334. The molecule has 1 aromatic rings. The van der Waals surface area contributed by atoms with Crippen LogP contribution < -0.4 is 10.1 Å². The smallest absolute Gasteiger partial charge is 0.157 e. The van der Waals surface area contributed by atoms with E-state index in [0.717, 1.165) is 16.7 Å². The third-order valence-corrected chi connectivity index (χ3v) is 4.48. The molecule has 1 N–H and O–H groups in total. The van der Waals surface area contributed by atoms with Crippen LogP contribution >= 0.6 is 11.8 Å². The molecular weight excluding hydrogens is 244 g/mol. The summed E-state index contributed by atoms with van der Waals surface area (Å²) in [7, 11) is 0. The van der Waals surface area contributed by atoms with Crippen molar-refractivity contribution in [3.8, 4) is 5.75 Å². The van der Waals surface area contributed by atoms with Crippen molar-refractivity contribution in [3.05, 3.63) is 29.8 Å². The minimum absolute atomic E-state index is 0.155. The quantitative estimate of drug-likeness (QED) is 0.890. The Bertz CT molecular complexity index is 473. The second-order valence-corrected chi connectivity index (χ2v) is 6.11. The first-order chi connectivity index (χ1) is 8.74. The molecule has 3 rings (SSSR count). The summed E-state index contributed by atoms with van der Waals surface area (Å²) in [4.78, 5) is 4.79. The van der Waals surface area contributed by atoms with Gasteiger partial charge in [-0.3, -0.25) is 4.99 Å². The number of thioether (sulfide) groups is 1. The van der Waals surface area contributed by atoms with Crippen LogP contribution in [0.15, 0.2) is 29.3 Å². The molecule has 0 aromatic heterocycles. The van der Waals surface area contributed by atoms with Gasteiger partial charge in [0.15, 0.2) is 5.17 Å². The molecule has 1 unspecified atom stereocenters. The van der Waals surface area contributed by atoms with Crippen molar-refractivity contribution in [2.24, 2.45) is 10.9 Å². The van der Waals surface area contributed by atoms with Crippen LogP contribution in [-0.2, 0) is 0 Å². The second-order valence-electron chi connectivity index (χ2n) is 5.10. The summed E-state index contributed by atoms with van der Waals surface area (Å²) < 4.78 is 5.65. The largest absolute Gasteiger partial charge is 0.491 e. The number of rotatable bonds is 2. The van der Waals surface area contributed by atoms with Gasteiger partial charge >= 0.3 is 0 Å². The summed E-state index contributed by atoms with van der Waals surface area (Å²) in [6, 6.07) is 8.88. The highest BCUT2D eigenvalue weighted by molar-refractivity contribution is 8.14. The van der Waals surface area contributed by atoms with Crippen molar-refractivity contribution in [2.75, 3.05) is 12.4 Å². The lowest BCUT2D eigenvalue weighted by Crippen LogP contribution is -2.31. The number of para-hydroxylation sites is 1. The molecule has 0 aliphatic carbocycles. The summed E-state index contributed by atoms with van der Waals surface area (Å²) in [6.45, 7) is 5.15. The Morgan fingerprint density at radius 1 is 1.39 bits per heavy atom. The molecule has 0 radical (unpaired) electrons. The van der Waals surface area contributed by atoms with Crippen molar-refractivity contribution >= 4 is 16.9 Å². The van der Waals surface area contributed by atoms with Crippen LogP contribution in [0.4, 0.5) is 0 Å². The molecule has 0 spiro atoms. The number of fused-ring (bicyclic) bond motifs is 1.